The van der Waals surface area contributed by atoms with Gasteiger partial charge in [0.1, 0.15) is 23.0 Å². The van der Waals surface area contributed by atoms with Gasteiger partial charge in [0.25, 0.3) is 0 Å². The molecule has 1 unspecified atom stereocenters. The summed E-state index contributed by atoms with van der Waals surface area (Å²) in [6, 6.07) is 14.1. The highest BCUT2D eigenvalue weighted by atomic mass is 19.4. The quantitative estimate of drug-likeness (QED) is 0.540. The largest absolute Gasteiger partial charge is 0.457 e. The lowest BCUT2D eigenvalue weighted by Crippen LogP contribution is -2.28. The fourth-order valence-corrected chi connectivity index (χ4v) is 4.35. The number of benzene rings is 2. The Hall–Kier alpha value is -3.88. The molecule has 9 heteroatoms. The van der Waals surface area contributed by atoms with Crippen molar-refractivity contribution >= 4 is 17.4 Å². The van der Waals surface area contributed by atoms with Crippen LogP contribution in [0, 0.1) is 5.92 Å². The minimum Gasteiger partial charge on any atom is -0.457 e. The van der Waals surface area contributed by atoms with Crippen LogP contribution in [0.25, 0.3) is 0 Å². The third-order valence-corrected chi connectivity index (χ3v) is 6.12. The molecule has 2 aliphatic rings. The van der Waals surface area contributed by atoms with Crippen LogP contribution in [-0.2, 0) is 23.8 Å². The Morgan fingerprint density at radius 2 is 1.91 bits per heavy atom. The third-order valence-electron chi connectivity index (χ3n) is 6.12. The second-order valence-corrected chi connectivity index (χ2v) is 8.57. The Bertz CT molecular complexity index is 1290. The van der Waals surface area contributed by atoms with E-state index in [-0.39, 0.29) is 17.5 Å². The number of fused-ring (bicyclic) bond motifs is 1. The molecule has 35 heavy (non-hydrogen) atoms. The molecular formula is C26H23F3N4O2. The van der Waals surface area contributed by atoms with E-state index < -0.39 is 11.7 Å². The van der Waals surface area contributed by atoms with E-state index in [1.54, 1.807) is 12.3 Å². The van der Waals surface area contributed by atoms with Gasteiger partial charge in [-0.2, -0.15) is 13.2 Å². The normalized spacial score (nSPS) is 17.2. The first-order valence-electron chi connectivity index (χ1n) is 11.4. The number of aliphatic imine (C=N–C) groups is 1. The maximum absolute atomic E-state index is 13.0. The summed E-state index contributed by atoms with van der Waals surface area (Å²) in [5, 5.41) is 5.83. The first kappa shape index (κ1) is 22.9. The van der Waals surface area contributed by atoms with Crippen molar-refractivity contribution in [1.29, 1.82) is 0 Å². The fourth-order valence-electron chi connectivity index (χ4n) is 4.35. The maximum Gasteiger partial charge on any atom is 0.416 e. The molecule has 0 spiro atoms. The molecule has 0 saturated heterocycles. The van der Waals surface area contributed by atoms with Gasteiger partial charge in [0.2, 0.25) is 5.91 Å². The van der Waals surface area contributed by atoms with Crippen LogP contribution in [-0.4, -0.2) is 29.8 Å². The molecule has 1 aliphatic carbocycles. The molecule has 6 nitrogen and oxygen atoms in total. The van der Waals surface area contributed by atoms with Crippen molar-refractivity contribution < 1.29 is 22.7 Å². The number of aryl methyl sites for hydroxylation is 1. The highest BCUT2D eigenvalue weighted by Crippen LogP contribution is 2.33. The topological polar surface area (TPSA) is 75.6 Å². The standard InChI is InChI=1S/C26H23F3N4O2/c27-26(28,29)19-2-1-3-20(14-19)33-25(34)17-5-4-16-6-7-21(13-18(16)12-17)35-22-8-9-30-23(15-22)24-31-10-11-32-24/h1-3,6-9,13-15,17H,4-5,10-12H2,(H,31,32)(H,33,34). The number of carbonyl (C=O) groups excluding carboxylic acids is 1. The van der Waals surface area contributed by atoms with Crippen LogP contribution in [0.2, 0.25) is 0 Å². The van der Waals surface area contributed by atoms with Gasteiger partial charge in [-0.3, -0.25) is 14.8 Å². The summed E-state index contributed by atoms with van der Waals surface area (Å²) < 4.78 is 45.0. The molecule has 1 aromatic heterocycles. The molecular weight excluding hydrogens is 457 g/mol. The molecule has 2 N–H and O–H groups in total. The number of anilines is 1. The first-order chi connectivity index (χ1) is 16.8. The van der Waals surface area contributed by atoms with E-state index in [0.717, 1.165) is 42.2 Å². The summed E-state index contributed by atoms with van der Waals surface area (Å²) >= 11 is 0. The number of amides is 1. The molecule has 2 aromatic carbocycles. The van der Waals surface area contributed by atoms with Gasteiger partial charge in [-0.05, 0) is 66.8 Å². The number of pyridine rings is 1. The van der Waals surface area contributed by atoms with E-state index in [1.807, 2.05) is 24.3 Å². The predicted molar refractivity (Wildman–Crippen MR) is 126 cm³/mol. The lowest BCUT2D eigenvalue weighted by molar-refractivity contribution is -0.137. The van der Waals surface area contributed by atoms with E-state index in [2.05, 4.69) is 20.6 Å². The lowest BCUT2D eigenvalue weighted by atomic mass is 9.83. The van der Waals surface area contributed by atoms with Crippen LogP contribution < -0.4 is 15.4 Å². The predicted octanol–water partition coefficient (Wildman–Crippen LogP) is 4.99. The number of alkyl halides is 3. The molecule has 1 atom stereocenters. The molecule has 5 rings (SSSR count). The van der Waals surface area contributed by atoms with Crippen molar-refractivity contribution in [2.45, 2.75) is 25.4 Å². The zero-order valence-corrected chi connectivity index (χ0v) is 18.7. The Labute approximate surface area is 200 Å². The maximum atomic E-state index is 13.0. The van der Waals surface area contributed by atoms with Gasteiger partial charge in [0.05, 0.1) is 12.1 Å². The number of hydrogen-bond acceptors (Lipinski definition) is 5. The van der Waals surface area contributed by atoms with Crippen LogP contribution in [0.5, 0.6) is 11.5 Å². The number of ether oxygens (including phenoxy) is 1. The van der Waals surface area contributed by atoms with Crippen molar-refractivity contribution in [3.8, 4) is 11.5 Å². The van der Waals surface area contributed by atoms with Crippen molar-refractivity contribution in [2.24, 2.45) is 10.9 Å². The van der Waals surface area contributed by atoms with E-state index in [9.17, 15) is 18.0 Å². The average molecular weight is 480 g/mol. The molecule has 2 heterocycles. The smallest absolute Gasteiger partial charge is 0.416 e. The number of amidine groups is 1. The zero-order chi connectivity index (χ0) is 24.4. The molecule has 0 saturated carbocycles. The molecule has 1 amide bonds. The van der Waals surface area contributed by atoms with Crippen LogP contribution in [0.15, 0.2) is 65.8 Å². The lowest BCUT2D eigenvalue weighted by Gasteiger charge is -2.24. The molecule has 0 fully saturated rings. The Balaban J connectivity index is 1.27. The molecule has 3 aromatic rings. The van der Waals surface area contributed by atoms with Crippen molar-refractivity contribution in [1.82, 2.24) is 10.3 Å². The van der Waals surface area contributed by atoms with Gasteiger partial charge in [0.15, 0.2) is 0 Å². The van der Waals surface area contributed by atoms with Gasteiger partial charge >= 0.3 is 6.18 Å². The van der Waals surface area contributed by atoms with Gasteiger partial charge < -0.3 is 15.4 Å². The van der Waals surface area contributed by atoms with Gasteiger partial charge in [-0.1, -0.05) is 12.1 Å². The number of nitrogens with zero attached hydrogens (tertiary/aromatic N) is 2. The number of hydrogen-bond donors (Lipinski definition) is 2. The summed E-state index contributed by atoms with van der Waals surface area (Å²) in [7, 11) is 0. The number of nitrogens with one attached hydrogen (secondary N) is 2. The van der Waals surface area contributed by atoms with Crippen molar-refractivity contribution in [3.63, 3.8) is 0 Å². The summed E-state index contributed by atoms with van der Waals surface area (Å²) in [6.07, 6.45) is -0.973. The summed E-state index contributed by atoms with van der Waals surface area (Å²) in [4.78, 5) is 21.5. The Kier molecular flexibility index (Phi) is 6.15. The van der Waals surface area contributed by atoms with E-state index in [1.165, 1.54) is 12.1 Å². The highest BCUT2D eigenvalue weighted by molar-refractivity contribution is 5.98. The number of rotatable bonds is 5. The number of halogens is 3. The second kappa shape index (κ2) is 9.40. The zero-order valence-electron chi connectivity index (χ0n) is 18.7. The van der Waals surface area contributed by atoms with Gasteiger partial charge in [-0.15, -0.1) is 0 Å². The SMILES string of the molecule is O=C(Nc1cccc(C(F)(F)F)c1)C1CCc2ccc(Oc3ccnc(C4=NCCN4)c3)cc2C1. The van der Waals surface area contributed by atoms with Gasteiger partial charge in [-0.25, -0.2) is 0 Å². The van der Waals surface area contributed by atoms with Crippen molar-refractivity contribution in [3.05, 3.63) is 83.2 Å². The highest BCUT2D eigenvalue weighted by Gasteiger charge is 2.31. The average Bonchev–Trinajstić information content (AvgIpc) is 3.39. The minimum absolute atomic E-state index is 0.141. The van der Waals surface area contributed by atoms with Crippen LogP contribution >= 0.6 is 0 Å². The summed E-state index contributed by atoms with van der Waals surface area (Å²) in [5.74, 6) is 1.38. The van der Waals surface area contributed by atoms with Crippen LogP contribution in [0.1, 0.15) is 28.8 Å². The van der Waals surface area contributed by atoms with E-state index in [0.29, 0.717) is 36.5 Å². The molecule has 0 bridgehead atoms. The summed E-state index contributed by atoms with van der Waals surface area (Å²) in [6.45, 7) is 1.50. The van der Waals surface area contributed by atoms with E-state index in [4.69, 9.17) is 4.74 Å². The Morgan fingerprint density at radius 3 is 2.71 bits per heavy atom. The summed E-state index contributed by atoms with van der Waals surface area (Å²) in [5.41, 5.74) is 2.20. The molecule has 0 radical (unpaired) electrons. The Morgan fingerprint density at radius 1 is 1.06 bits per heavy atom. The minimum atomic E-state index is -4.46. The first-order valence-corrected chi connectivity index (χ1v) is 11.4. The van der Waals surface area contributed by atoms with E-state index >= 15 is 0 Å². The van der Waals surface area contributed by atoms with Crippen LogP contribution in [0.3, 0.4) is 0 Å². The van der Waals surface area contributed by atoms with Gasteiger partial charge in [0, 0.05) is 30.4 Å². The van der Waals surface area contributed by atoms with Crippen molar-refractivity contribution in [2.75, 3.05) is 18.4 Å². The molecule has 1 aliphatic heterocycles. The number of aromatic nitrogens is 1. The van der Waals surface area contributed by atoms with Crippen LogP contribution in [0.4, 0.5) is 18.9 Å². The fraction of sp³-hybridized carbons (Fsp3) is 0.269. The third kappa shape index (κ3) is 5.29. The second-order valence-electron chi connectivity index (χ2n) is 8.57. The monoisotopic (exact) mass is 480 g/mol. The molecule has 180 valence electrons. The number of carbonyl (C=O) groups is 1.